The van der Waals surface area contributed by atoms with Crippen molar-refractivity contribution in [3.8, 4) is 5.75 Å². The number of benzene rings is 2. The molecule has 28 heavy (non-hydrogen) atoms. The van der Waals surface area contributed by atoms with Crippen molar-refractivity contribution in [2.45, 2.75) is 24.8 Å². The second kappa shape index (κ2) is 8.28. The van der Waals surface area contributed by atoms with Crippen molar-refractivity contribution in [1.82, 2.24) is 0 Å². The Morgan fingerprint density at radius 3 is 2.54 bits per heavy atom. The Morgan fingerprint density at radius 2 is 1.86 bits per heavy atom. The maximum atomic E-state index is 12.6. The van der Waals surface area contributed by atoms with Crippen molar-refractivity contribution in [3.05, 3.63) is 77.7 Å². The first-order valence-electron chi connectivity index (χ1n) is 8.59. The predicted molar refractivity (Wildman–Crippen MR) is 105 cm³/mol. The van der Waals surface area contributed by atoms with Crippen molar-refractivity contribution < 1.29 is 22.4 Å². The number of nitrogens with two attached hydrogens (primary N) is 1. The molecule has 0 aliphatic carbocycles. The van der Waals surface area contributed by atoms with Gasteiger partial charge in [-0.15, -0.1) is 0 Å². The third kappa shape index (κ3) is 4.59. The summed E-state index contributed by atoms with van der Waals surface area (Å²) in [6, 6.07) is 15.4. The second-order valence-corrected chi connectivity index (χ2v) is 7.58. The SMILES string of the molecule is CCc1ccc(NC(=O)c2occc2COc2ccccc2)cc1S(N)(=O)=O. The van der Waals surface area contributed by atoms with Gasteiger partial charge in [-0.05, 0) is 42.3 Å². The van der Waals surface area contributed by atoms with Crippen molar-refractivity contribution in [3.63, 3.8) is 0 Å². The zero-order valence-corrected chi connectivity index (χ0v) is 16.0. The highest BCUT2D eigenvalue weighted by atomic mass is 32.2. The molecule has 1 heterocycles. The predicted octanol–water partition coefficient (Wildman–Crippen LogP) is 3.32. The maximum Gasteiger partial charge on any atom is 0.291 e. The van der Waals surface area contributed by atoms with E-state index in [4.69, 9.17) is 14.3 Å². The van der Waals surface area contributed by atoms with Gasteiger partial charge in [0.1, 0.15) is 12.4 Å². The standard InChI is InChI=1S/C20H20N2O5S/c1-2-14-8-9-16(12-18(14)28(21,24)25)22-20(23)19-15(10-11-26-19)13-27-17-6-4-3-5-7-17/h3-12H,2,13H2,1H3,(H,22,23)(H2,21,24,25). The summed E-state index contributed by atoms with van der Waals surface area (Å²) in [4.78, 5) is 12.6. The minimum absolute atomic E-state index is 0.0140. The molecule has 0 bridgehead atoms. The molecule has 146 valence electrons. The summed E-state index contributed by atoms with van der Waals surface area (Å²) < 4.78 is 34.5. The molecule has 0 aliphatic rings. The van der Waals surface area contributed by atoms with E-state index in [2.05, 4.69) is 5.32 Å². The summed E-state index contributed by atoms with van der Waals surface area (Å²) in [6.07, 6.45) is 1.90. The fraction of sp³-hybridized carbons (Fsp3) is 0.150. The Balaban J connectivity index is 1.76. The molecular formula is C20H20N2O5S. The van der Waals surface area contributed by atoms with Gasteiger partial charge in [-0.1, -0.05) is 31.2 Å². The number of ether oxygens (including phenoxy) is 1. The molecule has 0 saturated heterocycles. The number of anilines is 1. The molecule has 3 N–H and O–H groups in total. The van der Waals surface area contributed by atoms with E-state index in [1.165, 1.54) is 12.3 Å². The number of nitrogens with one attached hydrogen (secondary N) is 1. The lowest BCUT2D eigenvalue weighted by atomic mass is 10.1. The number of amides is 1. The quantitative estimate of drug-likeness (QED) is 0.632. The van der Waals surface area contributed by atoms with Gasteiger partial charge in [0, 0.05) is 11.3 Å². The number of carbonyl (C=O) groups excluding carboxylic acids is 1. The van der Waals surface area contributed by atoms with Crippen LogP contribution in [0.5, 0.6) is 5.75 Å². The fourth-order valence-corrected chi connectivity index (χ4v) is 3.57. The lowest BCUT2D eigenvalue weighted by Gasteiger charge is -2.10. The van der Waals surface area contributed by atoms with Crippen LogP contribution in [0.15, 0.2) is 70.2 Å². The molecule has 0 aliphatic heterocycles. The van der Waals surface area contributed by atoms with Gasteiger partial charge in [0.15, 0.2) is 5.76 Å². The normalized spacial score (nSPS) is 11.2. The van der Waals surface area contributed by atoms with Crippen molar-refractivity contribution in [2.75, 3.05) is 5.32 Å². The molecule has 0 atom stereocenters. The van der Waals surface area contributed by atoms with Gasteiger partial charge < -0.3 is 14.5 Å². The molecule has 1 aromatic heterocycles. The second-order valence-electron chi connectivity index (χ2n) is 6.05. The number of para-hydroxylation sites is 1. The van der Waals surface area contributed by atoms with Gasteiger partial charge in [0.2, 0.25) is 10.0 Å². The molecule has 0 unspecified atom stereocenters. The largest absolute Gasteiger partial charge is 0.489 e. The number of hydrogen-bond donors (Lipinski definition) is 2. The first kappa shape index (κ1) is 19.7. The molecule has 0 saturated carbocycles. The molecule has 0 fully saturated rings. The third-order valence-corrected chi connectivity index (χ3v) is 5.10. The molecule has 2 aromatic carbocycles. The van der Waals surface area contributed by atoms with Crippen molar-refractivity contribution in [1.29, 1.82) is 0 Å². The van der Waals surface area contributed by atoms with Gasteiger partial charge in [0.25, 0.3) is 5.91 Å². The fourth-order valence-electron chi connectivity index (χ4n) is 2.70. The van der Waals surface area contributed by atoms with E-state index >= 15 is 0 Å². The molecule has 1 amide bonds. The number of sulfonamides is 1. The smallest absolute Gasteiger partial charge is 0.291 e. The summed E-state index contributed by atoms with van der Waals surface area (Å²) >= 11 is 0. The summed E-state index contributed by atoms with van der Waals surface area (Å²) in [5, 5.41) is 7.91. The van der Waals surface area contributed by atoms with Crippen LogP contribution in [0.1, 0.15) is 28.6 Å². The van der Waals surface area contributed by atoms with Crippen LogP contribution in [0.2, 0.25) is 0 Å². The minimum atomic E-state index is -3.90. The average Bonchev–Trinajstić information content (AvgIpc) is 3.15. The van der Waals surface area contributed by atoms with Crippen LogP contribution < -0.4 is 15.2 Å². The van der Waals surface area contributed by atoms with Gasteiger partial charge in [-0.2, -0.15) is 0 Å². The van der Waals surface area contributed by atoms with Gasteiger partial charge >= 0.3 is 0 Å². The van der Waals surface area contributed by atoms with Gasteiger partial charge in [0.05, 0.1) is 11.2 Å². The van der Waals surface area contributed by atoms with E-state index in [-0.39, 0.29) is 17.3 Å². The number of hydrogen-bond acceptors (Lipinski definition) is 5. The number of rotatable bonds is 7. The molecule has 3 rings (SSSR count). The van der Waals surface area contributed by atoms with E-state index in [0.717, 1.165) is 0 Å². The number of furan rings is 1. The molecule has 3 aromatic rings. The van der Waals surface area contributed by atoms with Crippen LogP contribution in [-0.4, -0.2) is 14.3 Å². The summed E-state index contributed by atoms with van der Waals surface area (Å²) in [6.45, 7) is 1.98. The molecule has 7 nitrogen and oxygen atoms in total. The van der Waals surface area contributed by atoms with Crippen LogP contribution in [0.3, 0.4) is 0 Å². The Hall–Kier alpha value is -3.10. The van der Waals surface area contributed by atoms with Crippen LogP contribution >= 0.6 is 0 Å². The first-order valence-corrected chi connectivity index (χ1v) is 10.1. The molecule has 8 heteroatoms. The third-order valence-electron chi connectivity index (χ3n) is 4.10. The average molecular weight is 400 g/mol. The summed E-state index contributed by atoms with van der Waals surface area (Å²) in [7, 11) is -3.90. The monoisotopic (exact) mass is 400 g/mol. The van der Waals surface area contributed by atoms with Crippen LogP contribution in [0.4, 0.5) is 5.69 Å². The lowest BCUT2D eigenvalue weighted by Crippen LogP contribution is -2.17. The van der Waals surface area contributed by atoms with E-state index < -0.39 is 15.9 Å². The Kier molecular flexibility index (Phi) is 5.81. The Morgan fingerprint density at radius 1 is 1.11 bits per heavy atom. The van der Waals surface area contributed by atoms with E-state index in [1.807, 2.05) is 37.3 Å². The van der Waals surface area contributed by atoms with Crippen molar-refractivity contribution in [2.24, 2.45) is 5.14 Å². The van der Waals surface area contributed by atoms with Crippen LogP contribution in [-0.2, 0) is 23.1 Å². The van der Waals surface area contributed by atoms with Crippen molar-refractivity contribution >= 4 is 21.6 Å². The van der Waals surface area contributed by atoms with Crippen LogP contribution in [0.25, 0.3) is 0 Å². The number of aryl methyl sites for hydroxylation is 1. The van der Waals surface area contributed by atoms with Crippen LogP contribution in [0, 0.1) is 0 Å². The Labute approximate surface area is 163 Å². The van der Waals surface area contributed by atoms with E-state index in [9.17, 15) is 13.2 Å². The number of carbonyl (C=O) groups is 1. The number of primary sulfonamides is 1. The summed E-state index contributed by atoms with van der Waals surface area (Å²) in [5.74, 6) is 0.247. The Bertz CT molecular complexity index is 1070. The minimum Gasteiger partial charge on any atom is -0.489 e. The van der Waals surface area contributed by atoms with E-state index in [1.54, 1.807) is 18.2 Å². The first-order chi connectivity index (χ1) is 13.4. The highest BCUT2D eigenvalue weighted by molar-refractivity contribution is 7.89. The van der Waals surface area contributed by atoms with E-state index in [0.29, 0.717) is 29.0 Å². The zero-order chi connectivity index (χ0) is 20.1. The summed E-state index contributed by atoms with van der Waals surface area (Å²) in [5.41, 5.74) is 1.45. The highest BCUT2D eigenvalue weighted by Crippen LogP contribution is 2.22. The zero-order valence-electron chi connectivity index (χ0n) is 15.2. The lowest BCUT2D eigenvalue weighted by molar-refractivity contribution is 0.0993. The molecular weight excluding hydrogens is 380 g/mol. The maximum absolute atomic E-state index is 12.6. The molecule has 0 spiro atoms. The molecule has 0 radical (unpaired) electrons. The van der Waals surface area contributed by atoms with Gasteiger partial charge in [-0.3, -0.25) is 4.79 Å². The topological polar surface area (TPSA) is 112 Å². The van der Waals surface area contributed by atoms with Gasteiger partial charge in [-0.25, -0.2) is 13.6 Å². The highest BCUT2D eigenvalue weighted by Gasteiger charge is 2.18.